The Labute approximate surface area is 189 Å². The molecule has 1 aromatic rings. The molecule has 4 unspecified atom stereocenters. The number of aliphatic hydroxyl groups excluding tert-OH is 2. The molecular weight excluding hydrogens is 440 g/mol. The molecule has 1 rings (SSSR count). The van der Waals surface area contributed by atoms with E-state index in [2.05, 4.69) is 10.6 Å². The summed E-state index contributed by atoms with van der Waals surface area (Å²) in [6.45, 7) is -1.80. The van der Waals surface area contributed by atoms with Crippen LogP contribution in [0.1, 0.15) is 18.4 Å². The lowest BCUT2D eigenvalue weighted by Crippen LogP contribution is -2.58. The zero-order chi connectivity index (χ0) is 25.0. The molecule has 0 aromatic heterocycles. The number of amides is 3. The summed E-state index contributed by atoms with van der Waals surface area (Å²) in [6.07, 6.45) is -0.537. The van der Waals surface area contributed by atoms with Gasteiger partial charge in [-0.05, 0) is 12.0 Å². The van der Waals surface area contributed by atoms with E-state index >= 15 is 0 Å². The Morgan fingerprint density at radius 2 is 1.30 bits per heavy atom. The molecule has 13 heteroatoms. The highest BCUT2D eigenvalue weighted by molar-refractivity contribution is 5.94. The predicted molar refractivity (Wildman–Crippen MR) is 113 cm³/mol. The molecule has 0 fully saturated rings. The minimum Gasteiger partial charge on any atom is -0.481 e. The van der Waals surface area contributed by atoms with Gasteiger partial charge in [-0.25, -0.2) is 4.79 Å². The van der Waals surface area contributed by atoms with E-state index in [1.807, 2.05) is 5.32 Å². The van der Waals surface area contributed by atoms with Crippen LogP contribution in [0.2, 0.25) is 0 Å². The maximum atomic E-state index is 12.8. The van der Waals surface area contributed by atoms with E-state index in [0.29, 0.717) is 5.56 Å². The third kappa shape index (κ3) is 9.64. The average molecular weight is 468 g/mol. The number of hydrogen-bond acceptors (Lipinski definition) is 8. The summed E-state index contributed by atoms with van der Waals surface area (Å²) < 4.78 is 0. The van der Waals surface area contributed by atoms with Crippen LogP contribution >= 0.6 is 0 Å². The van der Waals surface area contributed by atoms with Crippen LogP contribution in [0.3, 0.4) is 0 Å². The van der Waals surface area contributed by atoms with Gasteiger partial charge in [0.25, 0.3) is 0 Å². The molecule has 0 aliphatic carbocycles. The molecule has 182 valence electrons. The van der Waals surface area contributed by atoms with Gasteiger partial charge in [0.05, 0.1) is 19.3 Å². The molecule has 3 amide bonds. The van der Waals surface area contributed by atoms with Crippen LogP contribution in [0.25, 0.3) is 0 Å². The molecule has 1 aromatic carbocycles. The number of aliphatic hydroxyl groups is 2. The maximum Gasteiger partial charge on any atom is 0.328 e. The fourth-order valence-electron chi connectivity index (χ4n) is 2.67. The Hall–Kier alpha value is -3.55. The van der Waals surface area contributed by atoms with Gasteiger partial charge in [0.15, 0.2) is 0 Å². The zero-order valence-corrected chi connectivity index (χ0v) is 17.6. The van der Waals surface area contributed by atoms with Crippen LogP contribution in [0, 0.1) is 0 Å². The zero-order valence-electron chi connectivity index (χ0n) is 17.6. The second-order valence-electron chi connectivity index (χ2n) is 7.12. The topological polar surface area (TPSA) is 228 Å². The highest BCUT2D eigenvalue weighted by Crippen LogP contribution is 2.05. The smallest absolute Gasteiger partial charge is 0.328 e. The van der Waals surface area contributed by atoms with Crippen molar-refractivity contribution in [3.05, 3.63) is 35.9 Å². The first kappa shape index (κ1) is 27.5. The van der Waals surface area contributed by atoms with E-state index in [1.54, 1.807) is 30.3 Å². The van der Waals surface area contributed by atoms with Crippen molar-refractivity contribution in [1.82, 2.24) is 16.0 Å². The fraction of sp³-hybridized carbons (Fsp3) is 0.450. The van der Waals surface area contributed by atoms with Crippen molar-refractivity contribution in [2.24, 2.45) is 5.73 Å². The molecule has 0 saturated heterocycles. The molecule has 0 spiro atoms. The Kier molecular flexibility index (Phi) is 11.5. The maximum absolute atomic E-state index is 12.8. The lowest BCUT2D eigenvalue weighted by Gasteiger charge is -2.24. The number of hydrogen-bond donors (Lipinski definition) is 8. The number of carboxylic acids is 2. The van der Waals surface area contributed by atoms with Gasteiger partial charge in [0, 0.05) is 12.8 Å². The number of carbonyl (C=O) groups is 5. The quantitative estimate of drug-likeness (QED) is 0.137. The Morgan fingerprint density at radius 1 is 0.788 bits per heavy atom. The number of nitrogens with two attached hydrogens (primary N) is 1. The summed E-state index contributed by atoms with van der Waals surface area (Å²) in [5, 5.41) is 42.8. The molecule has 0 heterocycles. The first-order chi connectivity index (χ1) is 15.6. The van der Waals surface area contributed by atoms with Crippen LogP contribution in [-0.4, -0.2) is 87.5 Å². The predicted octanol–water partition coefficient (Wildman–Crippen LogP) is -3.06. The van der Waals surface area contributed by atoms with Crippen LogP contribution in [-0.2, 0) is 30.4 Å². The monoisotopic (exact) mass is 468 g/mol. The molecule has 13 nitrogen and oxygen atoms in total. The number of rotatable bonds is 14. The minimum absolute atomic E-state index is 0.0157. The summed E-state index contributed by atoms with van der Waals surface area (Å²) in [4.78, 5) is 59.1. The molecule has 0 aliphatic heterocycles. The van der Waals surface area contributed by atoms with Crippen molar-refractivity contribution in [2.75, 3.05) is 13.2 Å². The van der Waals surface area contributed by atoms with Crippen LogP contribution < -0.4 is 21.7 Å². The van der Waals surface area contributed by atoms with Gasteiger partial charge in [0.2, 0.25) is 17.7 Å². The molecular formula is C20H28N4O9. The van der Waals surface area contributed by atoms with Crippen molar-refractivity contribution in [3.8, 4) is 0 Å². The van der Waals surface area contributed by atoms with Crippen molar-refractivity contribution >= 4 is 29.7 Å². The molecule has 9 N–H and O–H groups in total. The van der Waals surface area contributed by atoms with E-state index in [1.165, 1.54) is 0 Å². The van der Waals surface area contributed by atoms with E-state index in [4.69, 9.17) is 21.1 Å². The highest BCUT2D eigenvalue weighted by Gasteiger charge is 2.30. The van der Waals surface area contributed by atoms with Gasteiger partial charge in [-0.2, -0.15) is 0 Å². The van der Waals surface area contributed by atoms with Crippen LogP contribution in [0.15, 0.2) is 30.3 Å². The van der Waals surface area contributed by atoms with Gasteiger partial charge in [-0.1, -0.05) is 30.3 Å². The molecule has 4 atom stereocenters. The molecule has 0 aliphatic rings. The number of aliphatic carboxylic acids is 2. The number of carboxylic acid groups (broad SMARTS) is 2. The summed E-state index contributed by atoms with van der Waals surface area (Å²) in [5.41, 5.74) is 6.34. The van der Waals surface area contributed by atoms with Gasteiger partial charge in [-0.15, -0.1) is 0 Å². The third-order valence-corrected chi connectivity index (χ3v) is 4.53. The number of nitrogens with one attached hydrogen (secondary N) is 3. The average Bonchev–Trinajstić information content (AvgIpc) is 2.78. The van der Waals surface area contributed by atoms with Crippen LogP contribution in [0.5, 0.6) is 0 Å². The highest BCUT2D eigenvalue weighted by atomic mass is 16.4. The van der Waals surface area contributed by atoms with E-state index in [9.17, 15) is 29.1 Å². The first-order valence-corrected chi connectivity index (χ1v) is 9.96. The summed E-state index contributed by atoms with van der Waals surface area (Å²) in [7, 11) is 0. The molecule has 0 bridgehead atoms. The van der Waals surface area contributed by atoms with Gasteiger partial charge in [0.1, 0.15) is 18.1 Å². The van der Waals surface area contributed by atoms with Gasteiger partial charge < -0.3 is 42.1 Å². The summed E-state index contributed by atoms with van der Waals surface area (Å²) >= 11 is 0. The first-order valence-electron chi connectivity index (χ1n) is 9.96. The number of carbonyl (C=O) groups excluding carboxylic acids is 3. The minimum atomic E-state index is -1.64. The van der Waals surface area contributed by atoms with E-state index in [0.717, 1.165) is 0 Å². The normalized spacial score (nSPS) is 14.3. The lowest BCUT2D eigenvalue weighted by atomic mass is 10.0. The van der Waals surface area contributed by atoms with Crippen molar-refractivity contribution in [3.63, 3.8) is 0 Å². The lowest BCUT2D eigenvalue weighted by molar-refractivity contribution is -0.143. The molecule has 0 saturated carbocycles. The number of benzene rings is 1. The summed E-state index contributed by atoms with van der Waals surface area (Å²) in [5.74, 6) is -5.38. The standard InChI is InChI=1S/C20H28N4O9/c21-12(6-7-16(27)28)17(29)22-13(8-11-4-2-1-3-5-11)18(30)23-14(9-25)19(31)24-15(10-26)20(32)33/h1-5,12-15,25-26H,6-10,21H2,(H,22,29)(H,23,30)(H,24,31)(H,27,28)(H,32,33). The molecule has 33 heavy (non-hydrogen) atoms. The fourth-order valence-corrected chi connectivity index (χ4v) is 2.67. The second kappa shape index (κ2) is 13.8. The molecule has 0 radical (unpaired) electrons. The van der Waals surface area contributed by atoms with Crippen molar-refractivity contribution < 1.29 is 44.4 Å². The Balaban J connectivity index is 2.95. The Bertz CT molecular complexity index is 834. The van der Waals surface area contributed by atoms with Crippen molar-refractivity contribution in [2.45, 2.75) is 43.4 Å². The second-order valence-corrected chi connectivity index (χ2v) is 7.12. The van der Waals surface area contributed by atoms with E-state index in [-0.39, 0.29) is 19.3 Å². The third-order valence-electron chi connectivity index (χ3n) is 4.53. The largest absolute Gasteiger partial charge is 0.481 e. The van der Waals surface area contributed by atoms with Gasteiger partial charge in [-0.3, -0.25) is 19.2 Å². The SMILES string of the molecule is NC(CCC(=O)O)C(=O)NC(Cc1ccccc1)C(=O)NC(CO)C(=O)NC(CO)C(=O)O. The van der Waals surface area contributed by atoms with Crippen LogP contribution in [0.4, 0.5) is 0 Å². The van der Waals surface area contributed by atoms with Gasteiger partial charge >= 0.3 is 11.9 Å². The summed E-state index contributed by atoms with van der Waals surface area (Å²) in [6, 6.07) is 2.86. The Morgan fingerprint density at radius 3 is 1.82 bits per heavy atom. The van der Waals surface area contributed by atoms with Crippen molar-refractivity contribution in [1.29, 1.82) is 0 Å². The van der Waals surface area contributed by atoms with E-state index < -0.39 is 67.0 Å².